The minimum atomic E-state index is 0.148. The zero-order chi connectivity index (χ0) is 13.0. The fraction of sp³-hybridized carbons (Fsp3) is 0.143. The molecule has 2 rings (SSSR count). The van der Waals surface area contributed by atoms with Gasteiger partial charge < -0.3 is 5.73 Å². The molecular formula is C14H13BrN2O. The van der Waals surface area contributed by atoms with Gasteiger partial charge in [0.15, 0.2) is 0 Å². The molecular weight excluding hydrogens is 292 g/mol. The fourth-order valence-electron chi connectivity index (χ4n) is 1.64. The summed E-state index contributed by atoms with van der Waals surface area (Å²) in [5, 5.41) is 0. The van der Waals surface area contributed by atoms with Gasteiger partial charge in [0.2, 0.25) is 0 Å². The van der Waals surface area contributed by atoms with Gasteiger partial charge in [0.05, 0.1) is 0 Å². The van der Waals surface area contributed by atoms with Gasteiger partial charge in [-0.05, 0) is 45.8 Å². The number of nitrogens with two attached hydrogens (primary N) is 1. The Kier molecular flexibility index (Phi) is 4.10. The van der Waals surface area contributed by atoms with E-state index in [1.54, 1.807) is 18.3 Å². The molecule has 0 radical (unpaired) electrons. The van der Waals surface area contributed by atoms with Crippen molar-refractivity contribution in [3.8, 4) is 0 Å². The molecule has 4 heteroatoms. The number of Topliss-reactive ketones (excluding diaryl/α,β-unsaturated/α-hetero) is 1. The number of aromatic nitrogens is 1. The molecule has 0 aliphatic heterocycles. The van der Waals surface area contributed by atoms with Crippen molar-refractivity contribution in [2.45, 2.75) is 12.8 Å². The van der Waals surface area contributed by atoms with Gasteiger partial charge in [-0.15, -0.1) is 0 Å². The molecule has 0 fully saturated rings. The van der Waals surface area contributed by atoms with E-state index in [-0.39, 0.29) is 5.78 Å². The minimum Gasteiger partial charge on any atom is -0.399 e. The summed E-state index contributed by atoms with van der Waals surface area (Å²) in [6, 6.07) is 11.1. The lowest BCUT2D eigenvalue weighted by Gasteiger charge is -2.02. The maximum atomic E-state index is 11.9. The standard InChI is InChI=1S/C14H13BrN2O/c15-11-3-6-13(17-9-11)8-14(18)7-10-1-4-12(16)5-2-10/h1-6,9H,7-8,16H2. The first-order valence-corrected chi connectivity index (χ1v) is 6.39. The first kappa shape index (κ1) is 12.8. The third-order valence-corrected chi connectivity index (χ3v) is 3.02. The van der Waals surface area contributed by atoms with Gasteiger partial charge in [-0.25, -0.2) is 0 Å². The number of anilines is 1. The maximum absolute atomic E-state index is 11.9. The molecule has 3 nitrogen and oxygen atoms in total. The van der Waals surface area contributed by atoms with Crippen molar-refractivity contribution in [2.24, 2.45) is 0 Å². The molecule has 1 heterocycles. The molecule has 92 valence electrons. The highest BCUT2D eigenvalue weighted by Crippen LogP contribution is 2.10. The Morgan fingerprint density at radius 1 is 1.11 bits per heavy atom. The maximum Gasteiger partial charge on any atom is 0.143 e. The fourth-order valence-corrected chi connectivity index (χ4v) is 1.87. The van der Waals surface area contributed by atoms with Crippen LogP contribution in [0.4, 0.5) is 5.69 Å². The van der Waals surface area contributed by atoms with Gasteiger partial charge in [-0.3, -0.25) is 9.78 Å². The molecule has 1 aromatic heterocycles. The number of pyridine rings is 1. The lowest BCUT2D eigenvalue weighted by atomic mass is 10.1. The molecule has 0 saturated carbocycles. The number of hydrogen-bond donors (Lipinski definition) is 1. The summed E-state index contributed by atoms with van der Waals surface area (Å²) in [4.78, 5) is 16.1. The predicted molar refractivity (Wildman–Crippen MR) is 75.2 cm³/mol. The molecule has 2 aromatic rings. The Hall–Kier alpha value is -1.68. The van der Waals surface area contributed by atoms with Crippen molar-refractivity contribution in [3.05, 3.63) is 58.3 Å². The van der Waals surface area contributed by atoms with Crippen LogP contribution in [0.2, 0.25) is 0 Å². The van der Waals surface area contributed by atoms with Gasteiger partial charge in [0.1, 0.15) is 5.78 Å². The van der Waals surface area contributed by atoms with Crippen LogP contribution in [0.3, 0.4) is 0 Å². The van der Waals surface area contributed by atoms with Crippen molar-refractivity contribution in [1.29, 1.82) is 0 Å². The van der Waals surface area contributed by atoms with E-state index >= 15 is 0 Å². The van der Waals surface area contributed by atoms with E-state index in [1.165, 1.54) is 0 Å². The van der Waals surface area contributed by atoms with Gasteiger partial charge in [0.25, 0.3) is 0 Å². The zero-order valence-corrected chi connectivity index (χ0v) is 11.4. The van der Waals surface area contributed by atoms with E-state index in [9.17, 15) is 4.79 Å². The molecule has 0 bridgehead atoms. The number of carbonyl (C=O) groups excluding carboxylic acids is 1. The molecule has 1 aromatic carbocycles. The molecule has 0 spiro atoms. The summed E-state index contributed by atoms with van der Waals surface area (Å²) >= 11 is 3.31. The Balaban J connectivity index is 1.96. The first-order chi connectivity index (χ1) is 8.63. The third-order valence-electron chi connectivity index (χ3n) is 2.55. The van der Waals surface area contributed by atoms with Crippen LogP contribution in [0.15, 0.2) is 47.1 Å². The smallest absolute Gasteiger partial charge is 0.143 e. The van der Waals surface area contributed by atoms with Crippen molar-refractivity contribution in [2.75, 3.05) is 5.73 Å². The second kappa shape index (κ2) is 5.78. The zero-order valence-electron chi connectivity index (χ0n) is 9.77. The molecule has 0 aliphatic rings. The van der Waals surface area contributed by atoms with Crippen LogP contribution in [0.1, 0.15) is 11.3 Å². The Morgan fingerprint density at radius 3 is 2.44 bits per heavy atom. The second-order valence-corrected chi connectivity index (χ2v) is 5.02. The summed E-state index contributed by atoms with van der Waals surface area (Å²) in [6.07, 6.45) is 2.47. The minimum absolute atomic E-state index is 0.148. The summed E-state index contributed by atoms with van der Waals surface area (Å²) in [5.74, 6) is 0.148. The van der Waals surface area contributed by atoms with Crippen molar-refractivity contribution in [1.82, 2.24) is 4.98 Å². The van der Waals surface area contributed by atoms with Gasteiger partial charge in [0, 0.05) is 34.9 Å². The van der Waals surface area contributed by atoms with Gasteiger partial charge in [-0.2, -0.15) is 0 Å². The summed E-state index contributed by atoms with van der Waals surface area (Å²) in [5.41, 5.74) is 8.07. The average Bonchev–Trinajstić information content (AvgIpc) is 2.35. The number of benzene rings is 1. The highest BCUT2D eigenvalue weighted by Gasteiger charge is 2.06. The number of carbonyl (C=O) groups is 1. The molecule has 0 atom stereocenters. The SMILES string of the molecule is Nc1ccc(CC(=O)Cc2ccc(Br)cn2)cc1. The van der Waals surface area contributed by atoms with Crippen LogP contribution in [0, 0.1) is 0 Å². The molecule has 0 aliphatic carbocycles. The van der Waals surface area contributed by atoms with E-state index in [2.05, 4.69) is 20.9 Å². The first-order valence-electron chi connectivity index (χ1n) is 5.60. The largest absolute Gasteiger partial charge is 0.399 e. The number of rotatable bonds is 4. The van der Waals surface area contributed by atoms with Crippen LogP contribution < -0.4 is 5.73 Å². The number of hydrogen-bond acceptors (Lipinski definition) is 3. The lowest BCUT2D eigenvalue weighted by molar-refractivity contribution is -0.117. The summed E-state index contributed by atoms with van der Waals surface area (Å²) in [7, 11) is 0. The highest BCUT2D eigenvalue weighted by atomic mass is 79.9. The van der Waals surface area contributed by atoms with Crippen LogP contribution in [-0.2, 0) is 17.6 Å². The molecule has 0 unspecified atom stereocenters. The molecule has 18 heavy (non-hydrogen) atoms. The van der Waals surface area contributed by atoms with Crippen molar-refractivity contribution >= 4 is 27.4 Å². The van der Waals surface area contributed by atoms with Crippen LogP contribution in [0.5, 0.6) is 0 Å². The van der Waals surface area contributed by atoms with E-state index < -0.39 is 0 Å². The normalized spacial score (nSPS) is 10.3. The highest BCUT2D eigenvalue weighted by molar-refractivity contribution is 9.10. The van der Waals surface area contributed by atoms with Crippen LogP contribution >= 0.6 is 15.9 Å². The number of halogens is 1. The Bertz CT molecular complexity index is 485. The molecule has 2 N–H and O–H groups in total. The lowest BCUT2D eigenvalue weighted by Crippen LogP contribution is -2.07. The van der Waals surface area contributed by atoms with Crippen LogP contribution in [-0.4, -0.2) is 10.8 Å². The molecule has 0 saturated heterocycles. The van der Waals surface area contributed by atoms with Gasteiger partial charge >= 0.3 is 0 Å². The average molecular weight is 305 g/mol. The van der Waals surface area contributed by atoms with Gasteiger partial charge in [-0.1, -0.05) is 12.1 Å². The summed E-state index contributed by atoms with van der Waals surface area (Å²) in [6.45, 7) is 0. The number of nitrogen functional groups attached to an aromatic ring is 1. The van der Waals surface area contributed by atoms with E-state index in [0.29, 0.717) is 18.5 Å². The van der Waals surface area contributed by atoms with Crippen molar-refractivity contribution in [3.63, 3.8) is 0 Å². The monoisotopic (exact) mass is 304 g/mol. The van der Waals surface area contributed by atoms with Crippen molar-refractivity contribution < 1.29 is 4.79 Å². The topological polar surface area (TPSA) is 56.0 Å². The quantitative estimate of drug-likeness (QED) is 0.884. The van der Waals surface area contributed by atoms with E-state index in [1.807, 2.05) is 24.3 Å². The third kappa shape index (κ3) is 3.67. The number of ketones is 1. The van der Waals surface area contributed by atoms with E-state index in [0.717, 1.165) is 15.7 Å². The predicted octanol–water partition coefficient (Wildman–Crippen LogP) is 2.78. The number of nitrogens with zero attached hydrogens (tertiary/aromatic N) is 1. The Morgan fingerprint density at radius 2 is 1.83 bits per heavy atom. The van der Waals surface area contributed by atoms with Crippen LogP contribution in [0.25, 0.3) is 0 Å². The van der Waals surface area contributed by atoms with E-state index in [4.69, 9.17) is 5.73 Å². The second-order valence-electron chi connectivity index (χ2n) is 4.10. The molecule has 0 amide bonds. The Labute approximate surface area is 114 Å². The summed E-state index contributed by atoms with van der Waals surface area (Å²) < 4.78 is 0.914.